The number of aromatic nitrogens is 3. The molecule has 0 amide bonds. The number of ether oxygens (including phenoxy) is 2. The lowest BCUT2D eigenvalue weighted by atomic mass is 10.2. The predicted molar refractivity (Wildman–Crippen MR) is 112 cm³/mol. The first-order valence-corrected chi connectivity index (χ1v) is 10.3. The van der Waals surface area contributed by atoms with Crippen LogP contribution in [0.1, 0.15) is 23.9 Å². The van der Waals surface area contributed by atoms with E-state index in [2.05, 4.69) is 32.8 Å². The van der Waals surface area contributed by atoms with Gasteiger partial charge in [0.1, 0.15) is 5.01 Å². The zero-order valence-corrected chi connectivity index (χ0v) is 17.9. The maximum atomic E-state index is 12.5. The van der Waals surface area contributed by atoms with E-state index in [1.165, 1.54) is 19.2 Å². The van der Waals surface area contributed by atoms with Crippen molar-refractivity contribution in [3.05, 3.63) is 53.4 Å². The number of para-hydroxylation sites is 1. The summed E-state index contributed by atoms with van der Waals surface area (Å²) in [7, 11) is 3.33. The van der Waals surface area contributed by atoms with Gasteiger partial charge < -0.3 is 14.0 Å². The Balaban J connectivity index is 1.48. The van der Waals surface area contributed by atoms with Crippen molar-refractivity contribution in [2.45, 2.75) is 26.1 Å². The number of methoxy groups -OCH3 is 1. The summed E-state index contributed by atoms with van der Waals surface area (Å²) < 4.78 is 41.1. The molecule has 0 spiro atoms. The maximum Gasteiger partial charge on any atom is 0.387 e. The molecule has 1 atom stereocenters. The Kier molecular flexibility index (Phi) is 6.10. The van der Waals surface area contributed by atoms with Gasteiger partial charge in [-0.1, -0.05) is 17.3 Å². The third-order valence-corrected chi connectivity index (χ3v) is 6.03. The summed E-state index contributed by atoms with van der Waals surface area (Å²) in [6.45, 7) is -0.445. The summed E-state index contributed by atoms with van der Waals surface area (Å²) in [5, 5.41) is 5.00. The summed E-state index contributed by atoms with van der Waals surface area (Å²) in [5.41, 5.74) is 1.55. The number of hydrogen-bond acceptors (Lipinski definition) is 8. The van der Waals surface area contributed by atoms with Crippen LogP contribution < -0.4 is 9.47 Å². The molecule has 4 rings (SSSR count). The lowest BCUT2D eigenvalue weighted by molar-refractivity contribution is -0.0512. The van der Waals surface area contributed by atoms with Gasteiger partial charge in [0, 0.05) is 5.56 Å². The normalized spacial score (nSPS) is 12.6. The van der Waals surface area contributed by atoms with Gasteiger partial charge in [-0.3, -0.25) is 4.90 Å². The monoisotopic (exact) mass is 446 g/mol. The van der Waals surface area contributed by atoms with Gasteiger partial charge >= 0.3 is 6.61 Å². The quantitative estimate of drug-likeness (QED) is 0.371. The third kappa shape index (κ3) is 4.64. The molecule has 0 aliphatic heterocycles. The molecule has 4 aromatic rings. The Morgan fingerprint density at radius 2 is 1.94 bits per heavy atom. The molecule has 10 heteroatoms. The van der Waals surface area contributed by atoms with Gasteiger partial charge in [0.2, 0.25) is 11.7 Å². The van der Waals surface area contributed by atoms with E-state index < -0.39 is 6.61 Å². The molecule has 0 bridgehead atoms. The van der Waals surface area contributed by atoms with Gasteiger partial charge in [-0.2, -0.15) is 13.8 Å². The minimum Gasteiger partial charge on any atom is -0.493 e. The fraction of sp³-hybridized carbons (Fsp3) is 0.286. The molecule has 162 valence electrons. The third-order valence-electron chi connectivity index (χ3n) is 4.82. The van der Waals surface area contributed by atoms with Crippen LogP contribution in [-0.4, -0.2) is 40.8 Å². The fourth-order valence-electron chi connectivity index (χ4n) is 3.04. The van der Waals surface area contributed by atoms with E-state index in [1.807, 2.05) is 25.2 Å². The Morgan fingerprint density at radius 3 is 2.68 bits per heavy atom. The largest absolute Gasteiger partial charge is 0.493 e. The first-order valence-electron chi connectivity index (χ1n) is 9.46. The molecule has 31 heavy (non-hydrogen) atoms. The van der Waals surface area contributed by atoms with Gasteiger partial charge in [0.15, 0.2) is 11.5 Å². The van der Waals surface area contributed by atoms with E-state index in [0.29, 0.717) is 23.8 Å². The molecule has 7 nitrogen and oxygen atoms in total. The van der Waals surface area contributed by atoms with E-state index in [4.69, 9.17) is 14.2 Å². The summed E-state index contributed by atoms with van der Waals surface area (Å²) in [5.74, 6) is 0.857. The van der Waals surface area contributed by atoms with Crippen LogP contribution in [0.3, 0.4) is 0 Å². The fourth-order valence-corrected chi connectivity index (χ4v) is 4.13. The second kappa shape index (κ2) is 8.94. The molecule has 0 saturated carbocycles. The van der Waals surface area contributed by atoms with E-state index in [9.17, 15) is 8.78 Å². The SMILES string of the molecule is COc1cc(-c2noc(CN(C)C(C)c3nc4ccccc4s3)n2)ccc1OC(F)F. The minimum atomic E-state index is -2.94. The highest BCUT2D eigenvalue weighted by Gasteiger charge is 2.20. The first-order chi connectivity index (χ1) is 14.9. The average Bonchev–Trinajstić information content (AvgIpc) is 3.40. The maximum absolute atomic E-state index is 12.5. The molecule has 0 N–H and O–H groups in total. The van der Waals surface area contributed by atoms with E-state index in [0.717, 1.165) is 15.2 Å². The molecule has 2 heterocycles. The standard InChI is InChI=1S/C21H20F2N4O3S/c1-12(20-24-14-6-4-5-7-17(14)31-20)27(2)11-18-25-19(26-30-18)13-8-9-15(29-21(22)23)16(10-13)28-3/h4-10,12,21H,11H2,1-3H3. The van der Waals surface area contributed by atoms with Crippen molar-refractivity contribution >= 4 is 21.6 Å². The molecule has 1 unspecified atom stereocenters. The first kappa shape index (κ1) is 21.1. The predicted octanol–water partition coefficient (Wildman–Crippen LogP) is 5.15. The van der Waals surface area contributed by atoms with Crippen LogP contribution in [0.25, 0.3) is 21.6 Å². The lowest BCUT2D eigenvalue weighted by Crippen LogP contribution is -2.22. The second-order valence-corrected chi connectivity index (χ2v) is 7.93. The highest BCUT2D eigenvalue weighted by molar-refractivity contribution is 7.18. The zero-order chi connectivity index (χ0) is 22.0. The molecule has 2 aromatic heterocycles. The second-order valence-electron chi connectivity index (χ2n) is 6.87. The summed E-state index contributed by atoms with van der Waals surface area (Å²) in [6.07, 6.45) is 0. The number of halogens is 2. The number of hydrogen-bond donors (Lipinski definition) is 0. The highest BCUT2D eigenvalue weighted by Crippen LogP contribution is 2.33. The van der Waals surface area contributed by atoms with Crippen LogP contribution in [0, 0.1) is 0 Å². The topological polar surface area (TPSA) is 73.5 Å². The van der Waals surface area contributed by atoms with Crippen molar-refractivity contribution in [2.75, 3.05) is 14.2 Å². The Bertz CT molecular complexity index is 1150. The van der Waals surface area contributed by atoms with Gasteiger partial charge in [-0.25, -0.2) is 4.98 Å². The van der Waals surface area contributed by atoms with Crippen LogP contribution in [0.4, 0.5) is 8.78 Å². The van der Waals surface area contributed by atoms with Crippen LogP contribution >= 0.6 is 11.3 Å². The number of fused-ring (bicyclic) bond motifs is 1. The van der Waals surface area contributed by atoms with Gasteiger partial charge in [-0.15, -0.1) is 11.3 Å². The molecule has 2 aromatic carbocycles. The van der Waals surface area contributed by atoms with Crippen molar-refractivity contribution in [1.82, 2.24) is 20.0 Å². The molecule has 0 fully saturated rings. The van der Waals surface area contributed by atoms with Crippen molar-refractivity contribution in [1.29, 1.82) is 0 Å². The molecule has 0 radical (unpaired) electrons. The van der Waals surface area contributed by atoms with Crippen LogP contribution in [0.2, 0.25) is 0 Å². The van der Waals surface area contributed by atoms with Crippen molar-refractivity contribution in [3.8, 4) is 22.9 Å². The molecular formula is C21H20F2N4O3S. The summed E-state index contributed by atoms with van der Waals surface area (Å²) >= 11 is 1.66. The van der Waals surface area contributed by atoms with Crippen LogP contribution in [-0.2, 0) is 6.54 Å². The van der Waals surface area contributed by atoms with Gasteiger partial charge in [0.25, 0.3) is 0 Å². The minimum absolute atomic E-state index is 0.0543. The summed E-state index contributed by atoms with van der Waals surface area (Å²) in [4.78, 5) is 11.2. The average molecular weight is 446 g/mol. The van der Waals surface area contributed by atoms with Crippen LogP contribution in [0.15, 0.2) is 47.0 Å². The summed E-state index contributed by atoms with van der Waals surface area (Å²) in [6, 6.07) is 12.6. The number of rotatable bonds is 8. The molecule has 0 aliphatic carbocycles. The Labute approximate surface area is 181 Å². The number of nitrogens with zero attached hydrogens (tertiary/aromatic N) is 4. The highest BCUT2D eigenvalue weighted by atomic mass is 32.1. The zero-order valence-electron chi connectivity index (χ0n) is 17.1. The number of thiazole rings is 1. The van der Waals surface area contributed by atoms with Crippen molar-refractivity contribution in [3.63, 3.8) is 0 Å². The Morgan fingerprint density at radius 1 is 1.13 bits per heavy atom. The van der Waals surface area contributed by atoms with Crippen LogP contribution in [0.5, 0.6) is 11.5 Å². The number of benzene rings is 2. The van der Waals surface area contributed by atoms with Crippen molar-refractivity contribution in [2.24, 2.45) is 0 Å². The lowest BCUT2D eigenvalue weighted by Gasteiger charge is -2.20. The Hall–Kier alpha value is -3.11. The molecule has 0 saturated heterocycles. The molecule has 0 aliphatic rings. The number of alkyl halides is 2. The molecular weight excluding hydrogens is 426 g/mol. The van der Waals surface area contributed by atoms with Gasteiger partial charge in [-0.05, 0) is 44.3 Å². The van der Waals surface area contributed by atoms with Gasteiger partial charge in [0.05, 0.1) is 29.9 Å². The van der Waals surface area contributed by atoms with E-state index in [-0.39, 0.29) is 17.5 Å². The van der Waals surface area contributed by atoms with E-state index >= 15 is 0 Å². The smallest absolute Gasteiger partial charge is 0.387 e. The van der Waals surface area contributed by atoms with Crippen molar-refractivity contribution < 1.29 is 22.8 Å². The van der Waals surface area contributed by atoms with E-state index in [1.54, 1.807) is 17.4 Å².